The fraction of sp³-hybridized carbons (Fsp3) is 0.333. The van der Waals surface area contributed by atoms with Gasteiger partial charge in [-0.05, 0) is 55.2 Å². The third kappa shape index (κ3) is 6.29. The van der Waals surface area contributed by atoms with Crippen molar-refractivity contribution in [2.24, 2.45) is 0 Å². The van der Waals surface area contributed by atoms with Crippen LogP contribution in [-0.4, -0.2) is 23.7 Å². The molecular formula is C21H24ClNO3S. The zero-order valence-corrected chi connectivity index (χ0v) is 17.5. The van der Waals surface area contributed by atoms with Crippen molar-refractivity contribution >= 4 is 40.9 Å². The van der Waals surface area contributed by atoms with E-state index in [1.54, 1.807) is 19.1 Å². The number of halogens is 1. The van der Waals surface area contributed by atoms with Crippen molar-refractivity contribution in [3.63, 3.8) is 0 Å². The molecule has 0 fully saturated rings. The molecule has 1 atom stereocenters. The van der Waals surface area contributed by atoms with E-state index in [4.69, 9.17) is 16.3 Å². The van der Waals surface area contributed by atoms with E-state index in [1.807, 2.05) is 37.3 Å². The second-order valence-electron chi connectivity index (χ2n) is 6.56. The zero-order chi connectivity index (χ0) is 20.0. The molecule has 4 nitrogen and oxygen atoms in total. The Bertz CT molecular complexity index is 806. The highest BCUT2D eigenvalue weighted by molar-refractivity contribution is 8.00. The van der Waals surface area contributed by atoms with Gasteiger partial charge in [-0.15, -0.1) is 11.8 Å². The second-order valence-corrected chi connectivity index (χ2v) is 8.41. The highest BCUT2D eigenvalue weighted by Gasteiger charge is 2.18. The summed E-state index contributed by atoms with van der Waals surface area (Å²) in [5.74, 6) is -0.499. The number of thioether (sulfide) groups is 1. The third-order valence-corrected chi connectivity index (χ3v) is 5.34. The van der Waals surface area contributed by atoms with Crippen molar-refractivity contribution in [3.05, 3.63) is 58.6 Å². The normalized spacial score (nSPS) is 11.9. The molecule has 27 heavy (non-hydrogen) atoms. The molecule has 1 amide bonds. The molecule has 0 aromatic heterocycles. The smallest absolute Gasteiger partial charge is 0.319 e. The van der Waals surface area contributed by atoms with Gasteiger partial charge >= 0.3 is 5.97 Å². The van der Waals surface area contributed by atoms with Crippen molar-refractivity contribution in [3.8, 4) is 0 Å². The van der Waals surface area contributed by atoms with E-state index in [1.165, 1.54) is 11.8 Å². The summed E-state index contributed by atoms with van der Waals surface area (Å²) in [6.45, 7) is 7.52. The lowest BCUT2D eigenvalue weighted by atomic mass is 9.98. The van der Waals surface area contributed by atoms with E-state index in [-0.39, 0.29) is 18.4 Å². The Balaban J connectivity index is 1.90. The van der Waals surface area contributed by atoms with Crippen molar-refractivity contribution in [1.29, 1.82) is 0 Å². The van der Waals surface area contributed by atoms with Gasteiger partial charge in [0.05, 0.1) is 0 Å². The first-order chi connectivity index (χ1) is 12.8. The lowest BCUT2D eigenvalue weighted by Crippen LogP contribution is -2.25. The van der Waals surface area contributed by atoms with Crippen molar-refractivity contribution in [2.45, 2.75) is 43.8 Å². The molecule has 0 aliphatic rings. The van der Waals surface area contributed by atoms with Crippen LogP contribution in [0, 0.1) is 6.92 Å². The van der Waals surface area contributed by atoms with Crippen LogP contribution in [0.2, 0.25) is 5.02 Å². The predicted octanol–water partition coefficient (Wildman–Crippen LogP) is 5.43. The van der Waals surface area contributed by atoms with Crippen LogP contribution in [0.3, 0.4) is 0 Å². The molecule has 144 valence electrons. The van der Waals surface area contributed by atoms with Crippen molar-refractivity contribution < 1.29 is 14.3 Å². The van der Waals surface area contributed by atoms with Crippen LogP contribution in [0.15, 0.2) is 47.4 Å². The molecule has 0 spiro atoms. The summed E-state index contributed by atoms with van der Waals surface area (Å²) in [6, 6.07) is 13.1. The molecule has 2 aromatic carbocycles. The maximum Gasteiger partial charge on any atom is 0.319 e. The topological polar surface area (TPSA) is 55.4 Å². The largest absolute Gasteiger partial charge is 0.455 e. The number of ether oxygens (including phenoxy) is 1. The molecule has 0 bridgehead atoms. The minimum Gasteiger partial charge on any atom is -0.455 e. The summed E-state index contributed by atoms with van der Waals surface area (Å²) in [4.78, 5) is 25.3. The lowest BCUT2D eigenvalue weighted by molar-refractivity contribution is -0.146. The first-order valence-corrected chi connectivity index (χ1v) is 10.0. The summed E-state index contributed by atoms with van der Waals surface area (Å²) in [6.07, 6.45) is 0. The molecule has 0 unspecified atom stereocenters. The molecule has 0 aliphatic carbocycles. The van der Waals surface area contributed by atoms with E-state index >= 15 is 0 Å². The van der Waals surface area contributed by atoms with Crippen LogP contribution in [0.25, 0.3) is 0 Å². The minimum atomic E-state index is -0.432. The number of carbonyl (C=O) groups is 2. The van der Waals surface area contributed by atoms with E-state index in [2.05, 4.69) is 19.2 Å². The molecule has 0 aliphatic heterocycles. The molecule has 0 saturated heterocycles. The highest BCUT2D eigenvalue weighted by atomic mass is 35.5. The van der Waals surface area contributed by atoms with Gasteiger partial charge < -0.3 is 10.1 Å². The number of amides is 1. The Labute approximate surface area is 169 Å². The minimum absolute atomic E-state index is 0.276. The molecule has 0 saturated carbocycles. The molecule has 1 N–H and O–H groups in total. The number of para-hydroxylation sites is 1. The molecule has 2 rings (SSSR count). The lowest BCUT2D eigenvalue weighted by Gasteiger charge is -2.17. The maximum absolute atomic E-state index is 12.3. The monoisotopic (exact) mass is 405 g/mol. The van der Waals surface area contributed by atoms with E-state index in [0.29, 0.717) is 5.02 Å². The van der Waals surface area contributed by atoms with Gasteiger partial charge in [-0.25, -0.2) is 0 Å². The predicted molar refractivity (Wildman–Crippen MR) is 112 cm³/mol. The second kappa shape index (κ2) is 9.81. The first kappa shape index (κ1) is 21.3. The third-order valence-electron chi connectivity index (χ3n) is 4.00. The average Bonchev–Trinajstić information content (AvgIpc) is 2.63. The SMILES string of the molecule is Cc1cccc(C(C)C)c1NC(=O)COC(=O)[C@@H](C)Sc1ccc(Cl)cc1. The molecule has 2 aromatic rings. The van der Waals surface area contributed by atoms with Gasteiger partial charge in [0.2, 0.25) is 0 Å². The average molecular weight is 406 g/mol. The quantitative estimate of drug-likeness (QED) is 0.492. The van der Waals surface area contributed by atoms with Crippen LogP contribution in [0.5, 0.6) is 0 Å². The summed E-state index contributed by atoms with van der Waals surface area (Å²) < 4.78 is 5.18. The van der Waals surface area contributed by atoms with Crippen LogP contribution in [0.4, 0.5) is 5.69 Å². The van der Waals surface area contributed by atoms with Crippen LogP contribution >= 0.6 is 23.4 Å². The van der Waals surface area contributed by atoms with Crippen LogP contribution in [0.1, 0.15) is 37.8 Å². The number of aryl methyl sites for hydroxylation is 1. The van der Waals surface area contributed by atoms with Gasteiger partial charge in [0.15, 0.2) is 6.61 Å². The van der Waals surface area contributed by atoms with Crippen LogP contribution in [-0.2, 0) is 14.3 Å². The fourth-order valence-electron chi connectivity index (χ4n) is 2.54. The van der Waals surface area contributed by atoms with Crippen molar-refractivity contribution in [2.75, 3.05) is 11.9 Å². The van der Waals surface area contributed by atoms with Crippen molar-refractivity contribution in [1.82, 2.24) is 0 Å². The Morgan fingerprint density at radius 3 is 2.41 bits per heavy atom. The Hall–Kier alpha value is -1.98. The Morgan fingerprint density at radius 1 is 1.11 bits per heavy atom. The number of rotatable bonds is 7. The first-order valence-electron chi connectivity index (χ1n) is 8.76. The number of hydrogen-bond acceptors (Lipinski definition) is 4. The Morgan fingerprint density at radius 2 is 1.78 bits per heavy atom. The van der Waals surface area contributed by atoms with Gasteiger partial charge in [-0.1, -0.05) is 43.6 Å². The summed E-state index contributed by atoms with van der Waals surface area (Å²) in [7, 11) is 0. The number of carbonyl (C=O) groups excluding carboxylic acids is 2. The standard InChI is InChI=1S/C21H24ClNO3S/c1-13(2)18-7-5-6-14(3)20(18)23-19(24)12-26-21(25)15(4)27-17-10-8-16(22)9-11-17/h5-11,13,15H,12H2,1-4H3,(H,23,24)/t15-/m1/s1. The number of benzene rings is 2. The van der Waals surface area contributed by atoms with Gasteiger partial charge in [-0.2, -0.15) is 0 Å². The molecular weight excluding hydrogens is 382 g/mol. The van der Waals surface area contributed by atoms with Gasteiger partial charge in [0.25, 0.3) is 5.91 Å². The summed E-state index contributed by atoms with van der Waals surface area (Å²) >= 11 is 7.22. The van der Waals surface area contributed by atoms with Gasteiger partial charge in [0, 0.05) is 15.6 Å². The number of hydrogen-bond donors (Lipinski definition) is 1. The maximum atomic E-state index is 12.3. The fourth-order valence-corrected chi connectivity index (χ4v) is 3.53. The van der Waals surface area contributed by atoms with Gasteiger partial charge in [0.1, 0.15) is 5.25 Å². The summed E-state index contributed by atoms with van der Waals surface area (Å²) in [5, 5.41) is 3.09. The summed E-state index contributed by atoms with van der Waals surface area (Å²) in [5.41, 5.74) is 2.83. The number of nitrogens with one attached hydrogen (secondary N) is 1. The number of anilines is 1. The van der Waals surface area contributed by atoms with E-state index in [9.17, 15) is 9.59 Å². The number of esters is 1. The van der Waals surface area contributed by atoms with Gasteiger partial charge in [-0.3, -0.25) is 9.59 Å². The molecule has 0 radical (unpaired) electrons. The molecule has 6 heteroatoms. The zero-order valence-electron chi connectivity index (χ0n) is 15.9. The highest BCUT2D eigenvalue weighted by Crippen LogP contribution is 2.28. The van der Waals surface area contributed by atoms with Crippen LogP contribution < -0.4 is 5.32 Å². The Kier molecular flexibility index (Phi) is 7.75. The molecule has 0 heterocycles. The van der Waals surface area contributed by atoms with E-state index in [0.717, 1.165) is 21.7 Å². The van der Waals surface area contributed by atoms with E-state index < -0.39 is 11.2 Å².